The maximum Gasteiger partial charge on any atom is 0.472 e. The van der Waals surface area contributed by atoms with Crippen LogP contribution in [0.15, 0.2) is 24.3 Å². The molecule has 19 heteroatoms. The van der Waals surface area contributed by atoms with Crippen molar-refractivity contribution < 1.29 is 80.2 Å². The number of carbonyl (C=O) groups excluding carboxylic acids is 4. The lowest BCUT2D eigenvalue weighted by molar-refractivity contribution is -0.161. The third-order valence-corrected chi connectivity index (χ3v) is 22.6. The molecule has 644 valence electrons. The third kappa shape index (κ3) is 83.3. The molecule has 0 spiro atoms. The molecule has 0 aliphatic carbocycles. The summed E-state index contributed by atoms with van der Waals surface area (Å²) in [7, 11) is -9.94. The van der Waals surface area contributed by atoms with Gasteiger partial charge in [0.05, 0.1) is 26.4 Å². The zero-order valence-electron chi connectivity index (χ0n) is 71.0. The van der Waals surface area contributed by atoms with Crippen molar-refractivity contribution in [2.45, 2.75) is 489 Å². The average Bonchev–Trinajstić information content (AvgIpc) is 0.878. The molecule has 0 saturated carbocycles. The Morgan fingerprint density at radius 1 is 0.257 bits per heavy atom. The molecular formula is C90H172O17P2. The summed E-state index contributed by atoms with van der Waals surface area (Å²) < 4.78 is 69.0. The van der Waals surface area contributed by atoms with Crippen molar-refractivity contribution in [1.29, 1.82) is 0 Å². The minimum atomic E-state index is -4.97. The van der Waals surface area contributed by atoms with Crippen molar-refractivity contribution in [1.82, 2.24) is 0 Å². The molecule has 0 aromatic heterocycles. The normalized spacial score (nSPS) is 13.8. The van der Waals surface area contributed by atoms with Crippen LogP contribution < -0.4 is 0 Å². The minimum absolute atomic E-state index is 0.0862. The predicted molar refractivity (Wildman–Crippen MR) is 451 cm³/mol. The highest BCUT2D eigenvalue weighted by molar-refractivity contribution is 7.47. The van der Waals surface area contributed by atoms with Crippen LogP contribution in [-0.4, -0.2) is 96.7 Å². The molecule has 0 amide bonds. The van der Waals surface area contributed by atoms with Crippen LogP contribution in [0.4, 0.5) is 0 Å². The molecule has 0 aliphatic heterocycles. The molecule has 0 saturated heterocycles. The lowest BCUT2D eigenvalue weighted by Crippen LogP contribution is -2.30. The summed E-state index contributed by atoms with van der Waals surface area (Å²) in [5.74, 6) is -2.12. The number of esters is 4. The molecule has 0 rings (SSSR count). The van der Waals surface area contributed by atoms with Gasteiger partial charge < -0.3 is 33.8 Å². The molecule has 0 aromatic rings. The Bertz CT molecular complexity index is 2150. The van der Waals surface area contributed by atoms with Crippen LogP contribution in [-0.2, 0) is 65.4 Å². The highest BCUT2D eigenvalue weighted by atomic mass is 31.2. The van der Waals surface area contributed by atoms with Gasteiger partial charge in [-0.25, -0.2) is 9.13 Å². The van der Waals surface area contributed by atoms with Crippen LogP contribution in [0.3, 0.4) is 0 Å². The van der Waals surface area contributed by atoms with E-state index >= 15 is 0 Å². The molecule has 0 fully saturated rings. The number of ether oxygens (including phenoxy) is 4. The molecular weight excluding hydrogens is 1410 g/mol. The summed E-state index contributed by atoms with van der Waals surface area (Å²) in [5.41, 5.74) is 0. The summed E-state index contributed by atoms with van der Waals surface area (Å²) in [5, 5.41) is 10.7. The number of hydrogen-bond acceptors (Lipinski definition) is 15. The van der Waals surface area contributed by atoms with E-state index in [0.29, 0.717) is 25.7 Å². The molecule has 109 heavy (non-hydrogen) atoms. The Morgan fingerprint density at radius 3 is 0.670 bits per heavy atom. The SMILES string of the molecule is CCCCCC/C=C\C=C/CCCCCCCC(=O)O[C@H](COC(=O)CCCCCCCCCCCCCCC)COP(=O)(O)OC[C@H](O)COP(=O)(O)OC[C@@H](COC(=O)CCCCCCCCCCCCCCCCCCCCCC)OC(=O)CCCCCCCCCCCCCCCCCCCCCCC. The Hall–Kier alpha value is -2.46. The summed E-state index contributed by atoms with van der Waals surface area (Å²) >= 11 is 0. The Balaban J connectivity index is 5.27. The molecule has 0 radical (unpaired) electrons. The number of aliphatic hydroxyl groups excluding tert-OH is 1. The van der Waals surface area contributed by atoms with Gasteiger partial charge in [0.15, 0.2) is 12.2 Å². The van der Waals surface area contributed by atoms with E-state index in [1.54, 1.807) is 0 Å². The van der Waals surface area contributed by atoms with Crippen LogP contribution in [0, 0.1) is 0 Å². The van der Waals surface area contributed by atoms with Gasteiger partial charge in [-0.15, -0.1) is 0 Å². The fraction of sp³-hybridized carbons (Fsp3) is 0.911. The van der Waals surface area contributed by atoms with E-state index in [1.807, 2.05) is 0 Å². The maximum atomic E-state index is 13.2. The second-order valence-electron chi connectivity index (χ2n) is 31.7. The van der Waals surface area contributed by atoms with Crippen molar-refractivity contribution in [3.8, 4) is 0 Å². The van der Waals surface area contributed by atoms with E-state index < -0.39 is 97.5 Å². The molecule has 0 bridgehead atoms. The fourth-order valence-electron chi connectivity index (χ4n) is 13.7. The summed E-state index contributed by atoms with van der Waals surface area (Å²) in [6, 6.07) is 0. The fourth-order valence-corrected chi connectivity index (χ4v) is 15.3. The number of carbonyl (C=O) groups is 4. The first kappa shape index (κ1) is 107. The van der Waals surface area contributed by atoms with Gasteiger partial charge in [-0.2, -0.15) is 0 Å². The summed E-state index contributed by atoms with van der Waals surface area (Å²) in [4.78, 5) is 73.4. The van der Waals surface area contributed by atoms with Gasteiger partial charge in [0.2, 0.25) is 0 Å². The van der Waals surface area contributed by atoms with Gasteiger partial charge in [0.25, 0.3) is 0 Å². The van der Waals surface area contributed by atoms with Gasteiger partial charge in [-0.05, 0) is 51.4 Å². The smallest absolute Gasteiger partial charge is 0.462 e. The first-order valence-corrected chi connectivity index (χ1v) is 49.1. The van der Waals surface area contributed by atoms with E-state index in [-0.39, 0.29) is 25.7 Å². The van der Waals surface area contributed by atoms with Gasteiger partial charge >= 0.3 is 39.5 Å². The highest BCUT2D eigenvalue weighted by Crippen LogP contribution is 2.45. The van der Waals surface area contributed by atoms with Crippen molar-refractivity contribution >= 4 is 39.5 Å². The molecule has 17 nitrogen and oxygen atoms in total. The Kier molecular flexibility index (Phi) is 81.6. The van der Waals surface area contributed by atoms with E-state index in [1.165, 1.54) is 289 Å². The van der Waals surface area contributed by atoms with E-state index in [9.17, 15) is 43.2 Å². The van der Waals surface area contributed by atoms with Gasteiger partial charge in [-0.3, -0.25) is 37.3 Å². The average molecular weight is 1590 g/mol. The minimum Gasteiger partial charge on any atom is -0.462 e. The number of phosphoric ester groups is 2. The number of hydrogen-bond donors (Lipinski definition) is 3. The van der Waals surface area contributed by atoms with E-state index in [0.717, 1.165) is 103 Å². The molecule has 0 aromatic carbocycles. The van der Waals surface area contributed by atoms with Gasteiger partial charge in [0.1, 0.15) is 19.3 Å². The first-order chi connectivity index (χ1) is 53.2. The largest absolute Gasteiger partial charge is 0.472 e. The Labute approximate surface area is 669 Å². The monoisotopic (exact) mass is 1590 g/mol. The second-order valence-corrected chi connectivity index (χ2v) is 34.6. The number of phosphoric acid groups is 2. The molecule has 5 atom stereocenters. The van der Waals surface area contributed by atoms with Gasteiger partial charge in [-0.1, -0.05) is 418 Å². The lowest BCUT2D eigenvalue weighted by atomic mass is 10.0. The quantitative estimate of drug-likeness (QED) is 0.0169. The third-order valence-electron chi connectivity index (χ3n) is 20.7. The maximum absolute atomic E-state index is 13.2. The topological polar surface area (TPSA) is 237 Å². The number of rotatable bonds is 89. The standard InChI is InChI=1S/C90H172O17P2/c1-5-9-13-17-21-25-29-33-36-38-40-42-44-46-49-53-57-61-65-69-73-77-90(95)107-86(81-101-88(93)75-71-67-63-59-55-51-48-45-43-41-39-37-34-30-26-22-18-14-10-6-2)83-105-109(98,99)103-79-84(91)78-102-108(96,97)104-82-85(80-100-87(92)74-70-66-62-58-54-50-32-28-24-20-16-12-8-4)106-89(94)76-72-68-64-60-56-52-47-35-31-27-23-19-15-11-7-3/h27,31,35,47,84-86,91H,5-26,28-30,32-34,36-46,48-83H2,1-4H3,(H,96,97)(H,98,99)/b31-27-,47-35-/t84-,85+,86+/m0/s1. The highest BCUT2D eigenvalue weighted by Gasteiger charge is 2.30. The van der Waals surface area contributed by atoms with Crippen molar-refractivity contribution in [3.63, 3.8) is 0 Å². The second kappa shape index (κ2) is 83.5. The molecule has 0 heterocycles. The van der Waals surface area contributed by atoms with Gasteiger partial charge in [0, 0.05) is 25.7 Å². The number of unbranched alkanes of at least 4 members (excludes halogenated alkanes) is 60. The summed E-state index contributed by atoms with van der Waals surface area (Å²) in [6.45, 7) is 5.01. The van der Waals surface area contributed by atoms with Crippen molar-refractivity contribution in [3.05, 3.63) is 24.3 Å². The zero-order chi connectivity index (χ0) is 79.6. The number of allylic oxidation sites excluding steroid dienone is 4. The predicted octanol–water partition coefficient (Wildman–Crippen LogP) is 27.6. The van der Waals surface area contributed by atoms with Crippen molar-refractivity contribution in [2.75, 3.05) is 39.6 Å². The van der Waals surface area contributed by atoms with E-state index in [2.05, 4.69) is 52.0 Å². The van der Waals surface area contributed by atoms with Crippen LogP contribution >= 0.6 is 15.6 Å². The van der Waals surface area contributed by atoms with Crippen LogP contribution in [0.1, 0.15) is 471 Å². The molecule has 2 unspecified atom stereocenters. The number of aliphatic hydroxyl groups is 1. The molecule has 3 N–H and O–H groups in total. The lowest BCUT2D eigenvalue weighted by Gasteiger charge is -2.21. The van der Waals surface area contributed by atoms with Crippen LogP contribution in [0.2, 0.25) is 0 Å². The van der Waals surface area contributed by atoms with Crippen LogP contribution in [0.5, 0.6) is 0 Å². The van der Waals surface area contributed by atoms with Crippen LogP contribution in [0.25, 0.3) is 0 Å². The Morgan fingerprint density at radius 2 is 0.440 bits per heavy atom. The van der Waals surface area contributed by atoms with Crippen molar-refractivity contribution in [2.24, 2.45) is 0 Å². The van der Waals surface area contributed by atoms with E-state index in [4.69, 9.17) is 37.0 Å². The summed E-state index contributed by atoms with van der Waals surface area (Å²) in [6.07, 6.45) is 82.8. The first-order valence-electron chi connectivity index (χ1n) is 46.1. The zero-order valence-corrected chi connectivity index (χ0v) is 72.8. The molecule has 0 aliphatic rings.